The van der Waals surface area contributed by atoms with Gasteiger partial charge in [0.25, 0.3) is 0 Å². The number of rotatable bonds is 5. The lowest BCUT2D eigenvalue weighted by Crippen LogP contribution is -2.14. The Balaban J connectivity index is 2.23. The summed E-state index contributed by atoms with van der Waals surface area (Å²) in [4.78, 5) is 12.0. The van der Waals surface area contributed by atoms with E-state index < -0.39 is 0 Å². The number of hydrogen-bond acceptors (Lipinski definition) is 8. The van der Waals surface area contributed by atoms with Gasteiger partial charge in [0.1, 0.15) is 5.75 Å². The van der Waals surface area contributed by atoms with E-state index >= 15 is 0 Å². The second kappa shape index (κ2) is 6.49. The lowest BCUT2D eigenvalue weighted by molar-refractivity contribution is 0.218. The molecule has 108 valence electrons. The van der Waals surface area contributed by atoms with Gasteiger partial charge in [-0.25, -0.2) is 5.84 Å². The van der Waals surface area contributed by atoms with Gasteiger partial charge in [0, 0.05) is 0 Å². The van der Waals surface area contributed by atoms with E-state index in [-0.39, 0.29) is 24.1 Å². The lowest BCUT2D eigenvalue weighted by atomic mass is 10.2. The Morgan fingerprint density at radius 2 is 1.81 bits per heavy atom. The van der Waals surface area contributed by atoms with Crippen molar-refractivity contribution in [1.29, 1.82) is 5.26 Å². The van der Waals surface area contributed by atoms with E-state index in [0.29, 0.717) is 11.3 Å². The van der Waals surface area contributed by atoms with Crippen molar-refractivity contribution in [2.45, 2.75) is 20.0 Å². The van der Waals surface area contributed by atoms with Gasteiger partial charge in [0.15, 0.2) is 0 Å². The lowest BCUT2D eigenvalue weighted by Gasteiger charge is -2.10. The number of nitriles is 1. The third-order valence-electron chi connectivity index (χ3n) is 2.26. The molecular formula is C13H14N6O2. The van der Waals surface area contributed by atoms with E-state index in [9.17, 15) is 0 Å². The topological polar surface area (TPSA) is 119 Å². The van der Waals surface area contributed by atoms with Gasteiger partial charge in [-0.2, -0.15) is 15.2 Å². The van der Waals surface area contributed by atoms with Crippen molar-refractivity contribution in [2.24, 2.45) is 5.84 Å². The molecular weight excluding hydrogens is 272 g/mol. The van der Waals surface area contributed by atoms with Gasteiger partial charge >= 0.3 is 12.0 Å². The van der Waals surface area contributed by atoms with Crippen molar-refractivity contribution in [3.05, 3.63) is 29.8 Å². The summed E-state index contributed by atoms with van der Waals surface area (Å²) in [5.41, 5.74) is 2.85. The number of hydrazine groups is 1. The van der Waals surface area contributed by atoms with Gasteiger partial charge in [0.05, 0.1) is 17.7 Å². The van der Waals surface area contributed by atoms with Crippen LogP contribution in [0.5, 0.6) is 17.8 Å². The molecule has 0 aliphatic rings. The first-order valence-electron chi connectivity index (χ1n) is 6.18. The fourth-order valence-electron chi connectivity index (χ4n) is 1.41. The maximum absolute atomic E-state index is 8.74. The summed E-state index contributed by atoms with van der Waals surface area (Å²) >= 11 is 0. The molecule has 1 heterocycles. The molecule has 0 spiro atoms. The molecule has 0 fully saturated rings. The van der Waals surface area contributed by atoms with Gasteiger partial charge < -0.3 is 9.47 Å². The van der Waals surface area contributed by atoms with Crippen LogP contribution < -0.4 is 20.7 Å². The molecule has 21 heavy (non-hydrogen) atoms. The van der Waals surface area contributed by atoms with Crippen LogP contribution in [0.3, 0.4) is 0 Å². The van der Waals surface area contributed by atoms with Gasteiger partial charge in [-0.15, -0.1) is 4.98 Å². The van der Waals surface area contributed by atoms with Crippen molar-refractivity contribution in [1.82, 2.24) is 15.0 Å². The molecule has 0 aliphatic heterocycles. The third kappa shape index (κ3) is 4.02. The minimum Gasteiger partial charge on any atom is -0.461 e. The average Bonchev–Trinajstić information content (AvgIpc) is 2.47. The molecule has 0 unspecified atom stereocenters. The monoisotopic (exact) mass is 286 g/mol. The van der Waals surface area contributed by atoms with Crippen molar-refractivity contribution in [3.63, 3.8) is 0 Å². The highest BCUT2D eigenvalue weighted by molar-refractivity contribution is 5.36. The number of aromatic nitrogens is 3. The first-order chi connectivity index (χ1) is 10.1. The Bertz CT molecular complexity index is 651. The van der Waals surface area contributed by atoms with Crippen LogP contribution in [0.15, 0.2) is 24.3 Å². The summed E-state index contributed by atoms with van der Waals surface area (Å²) in [5, 5.41) is 8.74. The number of nitrogen functional groups attached to an aromatic ring is 1. The molecule has 0 saturated heterocycles. The molecule has 3 N–H and O–H groups in total. The Morgan fingerprint density at radius 3 is 2.38 bits per heavy atom. The molecule has 0 amide bonds. The van der Waals surface area contributed by atoms with Crippen molar-refractivity contribution < 1.29 is 9.47 Å². The van der Waals surface area contributed by atoms with Crippen LogP contribution in [0.1, 0.15) is 19.4 Å². The number of nitrogens with two attached hydrogens (primary N) is 1. The Hall–Kier alpha value is -2.92. The van der Waals surface area contributed by atoms with Crippen LogP contribution in [-0.2, 0) is 0 Å². The van der Waals surface area contributed by atoms with E-state index in [2.05, 4.69) is 20.4 Å². The largest absolute Gasteiger partial charge is 0.461 e. The molecule has 2 aromatic rings. The SMILES string of the molecule is CC(C)Oc1nc(NN)nc(Oc2ccc(C#N)cc2)n1. The summed E-state index contributed by atoms with van der Waals surface area (Å²) in [6.45, 7) is 3.70. The highest BCUT2D eigenvalue weighted by Gasteiger charge is 2.10. The van der Waals surface area contributed by atoms with Crippen LogP contribution in [0.2, 0.25) is 0 Å². The number of anilines is 1. The summed E-state index contributed by atoms with van der Waals surface area (Å²) in [7, 11) is 0. The maximum Gasteiger partial charge on any atom is 0.330 e. The Morgan fingerprint density at radius 1 is 1.14 bits per heavy atom. The van der Waals surface area contributed by atoms with Gasteiger partial charge in [-0.3, -0.25) is 5.43 Å². The first kappa shape index (κ1) is 14.5. The van der Waals surface area contributed by atoms with E-state index in [4.69, 9.17) is 20.6 Å². The minimum absolute atomic E-state index is 0.0401. The molecule has 2 rings (SSSR count). The quantitative estimate of drug-likeness (QED) is 0.628. The van der Waals surface area contributed by atoms with E-state index in [0.717, 1.165) is 0 Å². The van der Waals surface area contributed by atoms with E-state index in [1.807, 2.05) is 19.9 Å². The zero-order valence-electron chi connectivity index (χ0n) is 11.6. The number of nitrogens with one attached hydrogen (secondary N) is 1. The molecule has 1 aromatic heterocycles. The third-order valence-corrected chi connectivity index (χ3v) is 2.26. The summed E-state index contributed by atoms with van der Waals surface area (Å²) in [5.74, 6) is 5.91. The van der Waals surface area contributed by atoms with Crippen LogP contribution in [0, 0.1) is 11.3 Å². The zero-order chi connectivity index (χ0) is 15.2. The predicted octanol–water partition coefficient (Wildman–Crippen LogP) is 1.61. The summed E-state index contributed by atoms with van der Waals surface area (Å²) in [6.07, 6.45) is -0.0965. The molecule has 8 heteroatoms. The van der Waals surface area contributed by atoms with E-state index in [1.165, 1.54) is 0 Å². The van der Waals surface area contributed by atoms with Crippen LogP contribution in [0.4, 0.5) is 5.95 Å². The smallest absolute Gasteiger partial charge is 0.330 e. The number of nitrogens with zero attached hydrogens (tertiary/aromatic N) is 4. The number of ether oxygens (including phenoxy) is 2. The van der Waals surface area contributed by atoms with Crippen molar-refractivity contribution >= 4 is 5.95 Å². The van der Waals surface area contributed by atoms with Crippen molar-refractivity contribution in [3.8, 4) is 23.8 Å². The fourth-order valence-corrected chi connectivity index (χ4v) is 1.41. The summed E-state index contributed by atoms with van der Waals surface area (Å²) < 4.78 is 10.9. The van der Waals surface area contributed by atoms with Gasteiger partial charge in [-0.1, -0.05) is 0 Å². The summed E-state index contributed by atoms with van der Waals surface area (Å²) in [6, 6.07) is 8.71. The molecule has 0 atom stereocenters. The molecule has 0 radical (unpaired) electrons. The van der Waals surface area contributed by atoms with Crippen LogP contribution in [-0.4, -0.2) is 21.1 Å². The van der Waals surface area contributed by atoms with Gasteiger partial charge in [-0.05, 0) is 38.1 Å². The number of hydrogen-bond donors (Lipinski definition) is 2. The predicted molar refractivity (Wildman–Crippen MR) is 74.6 cm³/mol. The van der Waals surface area contributed by atoms with Crippen molar-refractivity contribution in [2.75, 3.05) is 5.43 Å². The highest BCUT2D eigenvalue weighted by Crippen LogP contribution is 2.21. The Labute approximate surface area is 121 Å². The average molecular weight is 286 g/mol. The Kier molecular flexibility index (Phi) is 4.48. The molecule has 8 nitrogen and oxygen atoms in total. The van der Waals surface area contributed by atoms with Crippen LogP contribution >= 0.6 is 0 Å². The standard InChI is InChI=1S/C13H14N6O2/c1-8(2)20-12-16-11(19-15)17-13(18-12)21-10-5-3-9(7-14)4-6-10/h3-6,8H,15H2,1-2H3,(H,16,17,18,19). The second-order valence-electron chi connectivity index (χ2n) is 4.27. The van der Waals surface area contributed by atoms with Gasteiger partial charge in [0.2, 0.25) is 5.95 Å². The van der Waals surface area contributed by atoms with E-state index in [1.54, 1.807) is 24.3 Å². The van der Waals surface area contributed by atoms with Crippen LogP contribution in [0.25, 0.3) is 0 Å². The highest BCUT2D eigenvalue weighted by atomic mass is 16.5. The second-order valence-corrected chi connectivity index (χ2v) is 4.27. The molecule has 0 bridgehead atoms. The minimum atomic E-state index is -0.0965. The zero-order valence-corrected chi connectivity index (χ0v) is 11.6. The molecule has 0 aliphatic carbocycles. The number of benzene rings is 1. The normalized spacial score (nSPS) is 10.0. The molecule has 1 aromatic carbocycles. The molecule has 0 saturated carbocycles. The first-order valence-corrected chi connectivity index (χ1v) is 6.18. The maximum atomic E-state index is 8.74. The fraction of sp³-hybridized carbons (Fsp3) is 0.231.